The lowest BCUT2D eigenvalue weighted by Gasteiger charge is -2.38. The molecule has 1 aromatic carbocycles. The van der Waals surface area contributed by atoms with Crippen LogP contribution in [0.3, 0.4) is 0 Å². The SMILES string of the molecule is COc1cc(N2CCN(C(C)C)CC2)c(C)cc1Nc1nc(Nc2ccsc2C(N)=O)c2ccnc-2[nH]1. The van der Waals surface area contributed by atoms with Crippen LogP contribution >= 0.6 is 11.3 Å². The Hall–Kier alpha value is -3.83. The number of aryl methyl sites for hydroxylation is 1. The number of amides is 1. The third kappa shape index (κ3) is 5.05. The van der Waals surface area contributed by atoms with Crippen molar-refractivity contribution in [2.75, 3.05) is 48.8 Å². The maximum absolute atomic E-state index is 11.8. The number of thiophene rings is 1. The van der Waals surface area contributed by atoms with Crippen molar-refractivity contribution in [3.8, 4) is 17.1 Å². The molecule has 3 aliphatic rings. The van der Waals surface area contributed by atoms with Gasteiger partial charge in [-0.2, -0.15) is 4.98 Å². The molecule has 4 heterocycles. The lowest BCUT2D eigenvalue weighted by molar-refractivity contribution is 0.100. The van der Waals surface area contributed by atoms with Crippen molar-refractivity contribution >= 4 is 46.1 Å². The normalized spacial score (nSPS) is 14.4. The van der Waals surface area contributed by atoms with Gasteiger partial charge in [0.05, 0.1) is 24.0 Å². The highest BCUT2D eigenvalue weighted by Crippen LogP contribution is 2.37. The van der Waals surface area contributed by atoms with Gasteiger partial charge in [0.15, 0.2) is 0 Å². The molecule has 0 radical (unpaired) electrons. The van der Waals surface area contributed by atoms with Crippen LogP contribution in [0.4, 0.5) is 28.8 Å². The van der Waals surface area contributed by atoms with E-state index >= 15 is 0 Å². The van der Waals surface area contributed by atoms with E-state index in [0.717, 1.165) is 48.7 Å². The number of benzene rings is 1. The Balaban J connectivity index is 1.43. The number of methoxy groups -OCH3 is 1. The van der Waals surface area contributed by atoms with Crippen LogP contribution in [0.25, 0.3) is 11.4 Å². The molecule has 0 aliphatic carbocycles. The van der Waals surface area contributed by atoms with Crippen molar-refractivity contribution in [3.05, 3.63) is 46.3 Å². The molecule has 0 unspecified atom stereocenters. The van der Waals surface area contributed by atoms with Crippen molar-refractivity contribution in [2.24, 2.45) is 5.73 Å². The van der Waals surface area contributed by atoms with Gasteiger partial charge in [0.2, 0.25) is 5.95 Å². The quantitative estimate of drug-likeness (QED) is 0.269. The summed E-state index contributed by atoms with van der Waals surface area (Å²) in [5.74, 6) is 1.94. The predicted molar refractivity (Wildman–Crippen MR) is 149 cm³/mol. The molecular weight excluding hydrogens is 488 g/mol. The summed E-state index contributed by atoms with van der Waals surface area (Å²) in [6.45, 7) is 10.7. The Morgan fingerprint density at radius 1 is 1.16 bits per heavy atom. The summed E-state index contributed by atoms with van der Waals surface area (Å²) < 4.78 is 5.77. The molecule has 2 aromatic rings. The van der Waals surface area contributed by atoms with Gasteiger partial charge < -0.3 is 31.0 Å². The number of aromatic nitrogens is 3. The molecular formula is C26H32N8O2S. The molecule has 0 atom stereocenters. The van der Waals surface area contributed by atoms with Crippen LogP contribution in [0.5, 0.6) is 5.75 Å². The largest absolute Gasteiger partial charge is 0.494 e. The van der Waals surface area contributed by atoms with Crippen molar-refractivity contribution in [1.82, 2.24) is 19.9 Å². The van der Waals surface area contributed by atoms with Gasteiger partial charge in [-0.3, -0.25) is 9.69 Å². The van der Waals surface area contributed by atoms with Crippen LogP contribution in [0, 0.1) is 6.92 Å². The van der Waals surface area contributed by atoms with Crippen molar-refractivity contribution < 1.29 is 9.53 Å². The van der Waals surface area contributed by atoms with Gasteiger partial charge >= 0.3 is 0 Å². The fourth-order valence-electron chi connectivity index (χ4n) is 4.71. The summed E-state index contributed by atoms with van der Waals surface area (Å²) in [6.07, 6.45) is 1.71. The minimum Gasteiger partial charge on any atom is -0.494 e. The first-order chi connectivity index (χ1) is 17.8. The van der Waals surface area contributed by atoms with E-state index in [1.807, 2.05) is 17.5 Å². The number of nitrogens with zero attached hydrogens (tertiary/aromatic N) is 4. The lowest BCUT2D eigenvalue weighted by atomic mass is 10.1. The average molecular weight is 521 g/mol. The number of hydrogen-bond acceptors (Lipinski definition) is 9. The summed E-state index contributed by atoms with van der Waals surface area (Å²) in [4.78, 5) is 29.6. The molecule has 5 N–H and O–H groups in total. The van der Waals surface area contributed by atoms with E-state index in [0.29, 0.717) is 34.2 Å². The van der Waals surface area contributed by atoms with Gasteiger partial charge in [0.1, 0.15) is 22.3 Å². The minimum absolute atomic E-state index is 0.443. The van der Waals surface area contributed by atoms with E-state index in [2.05, 4.69) is 63.3 Å². The van der Waals surface area contributed by atoms with Gasteiger partial charge in [-0.25, -0.2) is 4.98 Å². The number of piperazine rings is 1. The Labute approximate surface area is 220 Å². The molecule has 0 spiro atoms. The lowest BCUT2D eigenvalue weighted by Crippen LogP contribution is -2.49. The molecule has 0 saturated carbocycles. The van der Waals surface area contributed by atoms with Crippen molar-refractivity contribution in [3.63, 3.8) is 0 Å². The monoisotopic (exact) mass is 520 g/mol. The van der Waals surface area contributed by atoms with Crippen LogP contribution in [0.15, 0.2) is 35.8 Å². The number of rotatable bonds is 8. The number of anilines is 5. The second kappa shape index (κ2) is 10.3. The summed E-state index contributed by atoms with van der Waals surface area (Å²) in [5, 5.41) is 8.43. The van der Waals surface area contributed by atoms with Crippen LogP contribution in [0.1, 0.15) is 29.1 Å². The topological polar surface area (TPSA) is 124 Å². The number of fused-ring (bicyclic) bond motifs is 1. The number of carbonyl (C=O) groups is 1. The zero-order valence-corrected chi connectivity index (χ0v) is 22.3. The minimum atomic E-state index is -0.485. The van der Waals surface area contributed by atoms with E-state index in [1.54, 1.807) is 13.3 Å². The fraction of sp³-hybridized carbons (Fsp3) is 0.346. The first-order valence-corrected chi connectivity index (χ1v) is 13.2. The third-order valence-corrected chi connectivity index (χ3v) is 7.64. The highest BCUT2D eigenvalue weighted by Gasteiger charge is 2.22. The number of nitrogens with two attached hydrogens (primary N) is 1. The maximum Gasteiger partial charge on any atom is 0.260 e. The van der Waals surface area contributed by atoms with Gasteiger partial charge in [0, 0.05) is 50.2 Å². The molecule has 11 heteroatoms. The number of primary amides is 1. The van der Waals surface area contributed by atoms with Gasteiger partial charge in [-0.15, -0.1) is 11.3 Å². The number of carbonyl (C=O) groups excluding carboxylic acids is 1. The molecule has 1 aromatic heterocycles. The van der Waals surface area contributed by atoms with Crippen LogP contribution in [0.2, 0.25) is 0 Å². The zero-order valence-electron chi connectivity index (χ0n) is 21.5. The van der Waals surface area contributed by atoms with Crippen molar-refractivity contribution in [1.29, 1.82) is 0 Å². The van der Waals surface area contributed by atoms with E-state index in [9.17, 15) is 4.79 Å². The molecule has 1 amide bonds. The van der Waals surface area contributed by atoms with Crippen LogP contribution in [-0.2, 0) is 0 Å². The van der Waals surface area contributed by atoms with Gasteiger partial charge in [-0.05, 0) is 49.9 Å². The standard InChI is InChI=1S/C26H32N8O2S/c1-15(2)33-8-10-34(11-9-33)20-14-21(36-4)19(13-16(20)3)30-26-31-24-17(5-7-28-24)25(32-26)29-18-6-12-37-22(18)23(27)35/h5-7,12-15H,8-11H2,1-4H3,(H2,27,35)(H3,28,29,30,31,32). The summed E-state index contributed by atoms with van der Waals surface area (Å²) in [6, 6.07) is 8.40. The number of ether oxygens (including phenoxy) is 1. The van der Waals surface area contributed by atoms with E-state index in [4.69, 9.17) is 15.5 Å². The van der Waals surface area contributed by atoms with Crippen LogP contribution < -0.4 is 26.0 Å². The van der Waals surface area contributed by atoms with E-state index < -0.39 is 5.91 Å². The second-order valence-corrected chi connectivity index (χ2v) is 10.3. The van der Waals surface area contributed by atoms with Crippen LogP contribution in [-0.4, -0.2) is 65.1 Å². The molecule has 0 bridgehead atoms. The fourth-order valence-corrected chi connectivity index (χ4v) is 5.41. The first kappa shape index (κ1) is 24.8. The molecule has 3 aliphatic heterocycles. The summed E-state index contributed by atoms with van der Waals surface area (Å²) in [7, 11) is 1.67. The first-order valence-electron chi connectivity index (χ1n) is 12.3. The molecule has 10 nitrogen and oxygen atoms in total. The summed E-state index contributed by atoms with van der Waals surface area (Å²) in [5.41, 5.74) is 10.1. The smallest absolute Gasteiger partial charge is 0.260 e. The Morgan fingerprint density at radius 3 is 2.65 bits per heavy atom. The maximum atomic E-state index is 11.8. The molecule has 194 valence electrons. The number of aromatic amines is 1. The number of H-pyrrole nitrogens is 1. The van der Waals surface area contributed by atoms with E-state index in [-0.39, 0.29) is 0 Å². The molecule has 1 saturated heterocycles. The number of nitrogens with one attached hydrogen (secondary N) is 3. The number of hydrogen-bond donors (Lipinski definition) is 4. The summed E-state index contributed by atoms with van der Waals surface area (Å²) >= 11 is 1.29. The Bertz CT molecular complexity index is 1370. The Kier molecular flexibility index (Phi) is 6.90. The molecule has 37 heavy (non-hydrogen) atoms. The van der Waals surface area contributed by atoms with Gasteiger partial charge in [-0.1, -0.05) is 0 Å². The highest BCUT2D eigenvalue weighted by atomic mass is 32.1. The Morgan fingerprint density at radius 2 is 1.95 bits per heavy atom. The predicted octanol–water partition coefficient (Wildman–Crippen LogP) is 4.40. The molecule has 5 rings (SSSR count). The zero-order chi connectivity index (χ0) is 26.1. The average Bonchev–Trinajstić information content (AvgIpc) is 3.54. The van der Waals surface area contributed by atoms with E-state index in [1.165, 1.54) is 17.0 Å². The highest BCUT2D eigenvalue weighted by molar-refractivity contribution is 7.12. The third-order valence-electron chi connectivity index (χ3n) is 6.71. The van der Waals surface area contributed by atoms with Crippen molar-refractivity contribution in [2.45, 2.75) is 26.8 Å². The molecule has 1 fully saturated rings. The van der Waals surface area contributed by atoms with Gasteiger partial charge in [0.25, 0.3) is 5.91 Å². The second-order valence-electron chi connectivity index (χ2n) is 9.37.